The van der Waals surface area contributed by atoms with Crippen molar-refractivity contribution in [2.75, 3.05) is 22.9 Å². The Morgan fingerprint density at radius 3 is 2.71 bits per heavy atom. The summed E-state index contributed by atoms with van der Waals surface area (Å²) in [6.45, 7) is 2.49. The smallest absolute Gasteiger partial charge is 0.262 e. The number of amides is 1. The van der Waals surface area contributed by atoms with Gasteiger partial charge in [0.05, 0.1) is 29.7 Å². The Hall–Kier alpha value is -2.44. The Kier molecular flexibility index (Phi) is 2.66. The van der Waals surface area contributed by atoms with Crippen molar-refractivity contribution in [3.05, 3.63) is 29.8 Å². The molecule has 2 aliphatic heterocycles. The second-order valence-corrected chi connectivity index (χ2v) is 5.49. The number of hydrogen-bond donors (Lipinski definition) is 0. The van der Waals surface area contributed by atoms with Crippen LogP contribution in [0.2, 0.25) is 0 Å². The minimum atomic E-state index is -0.0500. The van der Waals surface area contributed by atoms with Gasteiger partial charge >= 0.3 is 0 Å². The zero-order valence-electron chi connectivity index (χ0n) is 11.9. The maximum atomic E-state index is 12.4. The first-order chi connectivity index (χ1) is 10.2. The summed E-state index contributed by atoms with van der Waals surface area (Å²) in [7, 11) is 1.84. The van der Waals surface area contributed by atoms with Crippen molar-refractivity contribution in [3.8, 4) is 0 Å². The molecule has 0 spiro atoms. The van der Waals surface area contributed by atoms with Crippen LogP contribution >= 0.6 is 0 Å². The summed E-state index contributed by atoms with van der Waals surface area (Å²) in [5, 5.41) is 4.12. The van der Waals surface area contributed by atoms with E-state index in [1.165, 1.54) is 12.8 Å². The highest BCUT2D eigenvalue weighted by Gasteiger charge is 2.32. The van der Waals surface area contributed by atoms with Gasteiger partial charge in [0.1, 0.15) is 0 Å². The predicted molar refractivity (Wildman–Crippen MR) is 77.2 cm³/mol. The van der Waals surface area contributed by atoms with Crippen molar-refractivity contribution in [1.29, 1.82) is 0 Å². The topological polar surface area (TPSA) is 67.2 Å². The van der Waals surface area contributed by atoms with Crippen LogP contribution in [0.15, 0.2) is 18.6 Å². The summed E-state index contributed by atoms with van der Waals surface area (Å²) in [6, 6.07) is 0. The minimum Gasteiger partial charge on any atom is -0.341 e. The Balaban J connectivity index is 1.65. The molecule has 0 bridgehead atoms. The molecule has 1 amide bonds. The van der Waals surface area contributed by atoms with Gasteiger partial charge in [-0.25, -0.2) is 9.97 Å². The van der Waals surface area contributed by atoms with Gasteiger partial charge in [0.15, 0.2) is 0 Å². The second kappa shape index (κ2) is 4.54. The number of nitrogens with zero attached hydrogens (tertiary/aromatic N) is 6. The van der Waals surface area contributed by atoms with Gasteiger partial charge in [-0.2, -0.15) is 5.10 Å². The number of carbonyl (C=O) groups is 1. The largest absolute Gasteiger partial charge is 0.341 e. The van der Waals surface area contributed by atoms with Gasteiger partial charge in [-0.3, -0.25) is 14.4 Å². The average molecular weight is 284 g/mol. The van der Waals surface area contributed by atoms with E-state index >= 15 is 0 Å². The standard InChI is InChI=1S/C14H16N6O/c1-18-8-10(6-16-18)20-9-12-11(13(20)21)7-15-14(17-12)19-4-2-3-5-19/h6-8H,2-5,9H2,1H3. The molecular formula is C14H16N6O. The lowest BCUT2D eigenvalue weighted by atomic mass is 10.3. The molecule has 0 radical (unpaired) electrons. The normalized spacial score (nSPS) is 17.7. The zero-order chi connectivity index (χ0) is 14.4. The highest BCUT2D eigenvalue weighted by molar-refractivity contribution is 6.09. The molecule has 0 saturated carbocycles. The maximum Gasteiger partial charge on any atom is 0.262 e. The number of aromatic nitrogens is 4. The van der Waals surface area contributed by atoms with Crippen LogP contribution < -0.4 is 9.80 Å². The first-order valence-electron chi connectivity index (χ1n) is 7.14. The van der Waals surface area contributed by atoms with Gasteiger partial charge in [-0.1, -0.05) is 0 Å². The number of hydrogen-bond acceptors (Lipinski definition) is 5. The Morgan fingerprint density at radius 2 is 2.00 bits per heavy atom. The van der Waals surface area contributed by atoms with Crippen molar-refractivity contribution in [1.82, 2.24) is 19.7 Å². The summed E-state index contributed by atoms with van der Waals surface area (Å²) in [5.74, 6) is 0.693. The van der Waals surface area contributed by atoms with Crippen molar-refractivity contribution in [2.24, 2.45) is 7.05 Å². The van der Waals surface area contributed by atoms with E-state index in [1.807, 2.05) is 13.2 Å². The fourth-order valence-corrected chi connectivity index (χ4v) is 2.90. The van der Waals surface area contributed by atoms with Gasteiger partial charge in [0.2, 0.25) is 5.95 Å². The van der Waals surface area contributed by atoms with Crippen molar-refractivity contribution in [2.45, 2.75) is 19.4 Å². The predicted octanol–water partition coefficient (Wildman–Crippen LogP) is 0.971. The van der Waals surface area contributed by atoms with E-state index in [0.717, 1.165) is 30.4 Å². The highest BCUT2D eigenvalue weighted by Crippen LogP contribution is 2.28. The van der Waals surface area contributed by atoms with Crippen molar-refractivity contribution in [3.63, 3.8) is 0 Å². The van der Waals surface area contributed by atoms with E-state index in [-0.39, 0.29) is 5.91 Å². The average Bonchev–Trinajstić information content (AvgIpc) is 3.19. The van der Waals surface area contributed by atoms with Gasteiger partial charge in [-0.05, 0) is 12.8 Å². The summed E-state index contributed by atoms with van der Waals surface area (Å²) in [5.41, 5.74) is 2.20. The summed E-state index contributed by atoms with van der Waals surface area (Å²) in [4.78, 5) is 25.3. The molecule has 0 aromatic carbocycles. The number of carbonyl (C=O) groups excluding carboxylic acids is 1. The number of rotatable bonds is 2. The fourth-order valence-electron chi connectivity index (χ4n) is 2.90. The third kappa shape index (κ3) is 1.96. The molecule has 4 rings (SSSR count). The Morgan fingerprint density at radius 1 is 1.19 bits per heavy atom. The van der Waals surface area contributed by atoms with Crippen LogP contribution in [0.25, 0.3) is 0 Å². The molecule has 1 fully saturated rings. The van der Waals surface area contributed by atoms with Crippen molar-refractivity contribution >= 4 is 17.5 Å². The zero-order valence-corrected chi connectivity index (χ0v) is 11.9. The minimum absolute atomic E-state index is 0.0500. The van der Waals surface area contributed by atoms with Crippen LogP contribution in [0.4, 0.5) is 11.6 Å². The van der Waals surface area contributed by atoms with E-state index < -0.39 is 0 Å². The third-order valence-corrected chi connectivity index (χ3v) is 4.03. The molecule has 2 aliphatic rings. The van der Waals surface area contributed by atoms with Crippen LogP contribution in [-0.2, 0) is 13.6 Å². The molecule has 7 nitrogen and oxygen atoms in total. The van der Waals surface area contributed by atoms with E-state index in [4.69, 9.17) is 0 Å². The molecule has 7 heteroatoms. The molecule has 108 valence electrons. The first kappa shape index (κ1) is 12.3. The quantitative estimate of drug-likeness (QED) is 0.822. The second-order valence-electron chi connectivity index (χ2n) is 5.49. The molecule has 4 heterocycles. The highest BCUT2D eigenvalue weighted by atomic mass is 16.2. The van der Waals surface area contributed by atoms with E-state index in [2.05, 4.69) is 20.0 Å². The molecule has 0 aliphatic carbocycles. The van der Waals surface area contributed by atoms with Crippen LogP contribution in [0, 0.1) is 0 Å². The van der Waals surface area contributed by atoms with Gasteiger partial charge in [0, 0.05) is 32.5 Å². The van der Waals surface area contributed by atoms with Crippen LogP contribution in [0.3, 0.4) is 0 Å². The maximum absolute atomic E-state index is 12.4. The molecule has 1 saturated heterocycles. The lowest BCUT2D eigenvalue weighted by Crippen LogP contribution is -2.22. The first-order valence-corrected chi connectivity index (χ1v) is 7.14. The Bertz CT molecular complexity index is 703. The number of anilines is 2. The lowest BCUT2D eigenvalue weighted by molar-refractivity contribution is 0.0996. The van der Waals surface area contributed by atoms with Gasteiger partial charge in [0.25, 0.3) is 5.91 Å². The molecule has 0 unspecified atom stereocenters. The van der Waals surface area contributed by atoms with Gasteiger partial charge < -0.3 is 4.90 Å². The van der Waals surface area contributed by atoms with Gasteiger partial charge in [-0.15, -0.1) is 0 Å². The SMILES string of the molecule is Cn1cc(N2Cc3nc(N4CCCC4)ncc3C2=O)cn1. The van der Waals surface area contributed by atoms with E-state index in [0.29, 0.717) is 12.1 Å². The molecule has 2 aromatic heterocycles. The lowest BCUT2D eigenvalue weighted by Gasteiger charge is -2.14. The molecule has 2 aromatic rings. The third-order valence-electron chi connectivity index (χ3n) is 4.03. The molecular weight excluding hydrogens is 268 g/mol. The molecule has 21 heavy (non-hydrogen) atoms. The number of fused-ring (bicyclic) bond motifs is 1. The van der Waals surface area contributed by atoms with E-state index in [9.17, 15) is 4.79 Å². The summed E-state index contributed by atoms with van der Waals surface area (Å²) < 4.78 is 1.69. The number of aryl methyl sites for hydroxylation is 1. The van der Waals surface area contributed by atoms with Crippen LogP contribution in [0.1, 0.15) is 28.9 Å². The van der Waals surface area contributed by atoms with Crippen LogP contribution in [0.5, 0.6) is 0 Å². The Labute approximate surface area is 122 Å². The summed E-state index contributed by atoms with van der Waals surface area (Å²) >= 11 is 0. The monoisotopic (exact) mass is 284 g/mol. The molecule has 0 N–H and O–H groups in total. The molecule has 0 atom stereocenters. The fraction of sp³-hybridized carbons (Fsp3) is 0.429. The summed E-state index contributed by atoms with van der Waals surface area (Å²) in [6.07, 6.45) is 7.55. The van der Waals surface area contributed by atoms with Crippen molar-refractivity contribution < 1.29 is 4.79 Å². The van der Waals surface area contributed by atoms with E-state index in [1.54, 1.807) is 22.0 Å². The van der Waals surface area contributed by atoms with Crippen LogP contribution in [-0.4, -0.2) is 38.7 Å².